The molecule has 148 valence electrons. The molecule has 0 radical (unpaired) electrons. The number of rotatable bonds is 8. The highest BCUT2D eigenvalue weighted by atomic mass is 35.5. The van der Waals surface area contributed by atoms with Crippen molar-refractivity contribution in [3.05, 3.63) is 57.9 Å². The number of para-hydroxylation sites is 1. The van der Waals surface area contributed by atoms with Crippen molar-refractivity contribution in [2.75, 3.05) is 20.3 Å². The van der Waals surface area contributed by atoms with Crippen LogP contribution in [0.5, 0.6) is 5.75 Å². The minimum absolute atomic E-state index is 0.297. The topological polar surface area (TPSA) is 52.8 Å². The van der Waals surface area contributed by atoms with Gasteiger partial charge in [-0.15, -0.1) is 0 Å². The molecule has 1 aromatic heterocycles. The Labute approximate surface area is 173 Å². The average molecular weight is 419 g/mol. The fourth-order valence-electron chi connectivity index (χ4n) is 2.74. The van der Waals surface area contributed by atoms with Crippen LogP contribution in [0.4, 0.5) is 0 Å². The Morgan fingerprint density at radius 2 is 1.96 bits per heavy atom. The van der Waals surface area contributed by atoms with Crippen LogP contribution in [0, 0.1) is 0 Å². The number of carbonyl (C=O) groups excluding carboxylic acids is 1. The number of benzene rings is 2. The lowest BCUT2D eigenvalue weighted by Gasteiger charge is -2.06. The lowest BCUT2D eigenvalue weighted by Crippen LogP contribution is -2.19. The lowest BCUT2D eigenvalue weighted by molar-refractivity contribution is 0.0997. The molecule has 0 spiro atoms. The molecular weight excluding hydrogens is 396 g/mol. The second-order valence-electron chi connectivity index (χ2n) is 6.26. The van der Waals surface area contributed by atoms with E-state index in [0.29, 0.717) is 35.1 Å². The molecule has 0 unspecified atom stereocenters. The van der Waals surface area contributed by atoms with Gasteiger partial charge in [-0.05, 0) is 42.8 Å². The smallest absolute Gasteiger partial charge is 0.279 e. The monoisotopic (exact) mass is 418 g/mol. The van der Waals surface area contributed by atoms with Crippen molar-refractivity contribution < 1.29 is 14.3 Å². The van der Waals surface area contributed by atoms with Crippen molar-refractivity contribution >= 4 is 39.1 Å². The first-order valence-electron chi connectivity index (χ1n) is 9.22. The van der Waals surface area contributed by atoms with Crippen LogP contribution >= 0.6 is 22.9 Å². The highest BCUT2D eigenvalue weighted by molar-refractivity contribution is 7.16. The highest BCUT2D eigenvalue weighted by Gasteiger charge is 2.12. The van der Waals surface area contributed by atoms with E-state index in [2.05, 4.69) is 11.9 Å². The quantitative estimate of drug-likeness (QED) is 0.488. The number of carbonyl (C=O) groups is 1. The van der Waals surface area contributed by atoms with Crippen molar-refractivity contribution in [2.24, 2.45) is 4.99 Å². The fraction of sp³-hybridized carbons (Fsp3) is 0.333. The summed E-state index contributed by atoms with van der Waals surface area (Å²) in [6.07, 6.45) is 2.09. The molecule has 0 saturated carbocycles. The summed E-state index contributed by atoms with van der Waals surface area (Å²) < 4.78 is 13.8. The molecule has 0 saturated heterocycles. The van der Waals surface area contributed by atoms with Crippen LogP contribution in [0.1, 0.15) is 30.1 Å². The summed E-state index contributed by atoms with van der Waals surface area (Å²) in [4.78, 5) is 17.7. The molecule has 5 nitrogen and oxygen atoms in total. The number of methoxy groups -OCH3 is 1. The molecule has 28 heavy (non-hydrogen) atoms. The predicted molar refractivity (Wildman–Crippen MR) is 113 cm³/mol. The van der Waals surface area contributed by atoms with Crippen LogP contribution in [-0.4, -0.2) is 30.8 Å². The Morgan fingerprint density at radius 1 is 1.18 bits per heavy atom. The molecule has 1 amide bonds. The van der Waals surface area contributed by atoms with E-state index >= 15 is 0 Å². The Balaban J connectivity index is 1.90. The molecule has 0 fully saturated rings. The molecule has 0 aliphatic heterocycles. The number of fused-ring (bicyclic) bond motifs is 1. The Bertz CT molecular complexity index is 1010. The molecule has 0 bridgehead atoms. The summed E-state index contributed by atoms with van der Waals surface area (Å²) in [5, 5.41) is 0.632. The van der Waals surface area contributed by atoms with E-state index in [0.717, 1.165) is 28.8 Å². The Kier molecular flexibility index (Phi) is 7.25. The maximum absolute atomic E-state index is 12.7. The standard InChI is InChI=1S/C21H23ClN2O3S/c1-3-4-13-27-16-10-8-15(9-11-16)20(25)23-21-24(12-14-26-2)19-17(22)6-5-7-18(19)28-21/h5-11H,3-4,12-14H2,1-2H3. The zero-order valence-corrected chi connectivity index (χ0v) is 17.6. The van der Waals surface area contributed by atoms with Crippen LogP contribution in [0.25, 0.3) is 10.2 Å². The number of amides is 1. The number of aromatic nitrogens is 1. The van der Waals surface area contributed by atoms with Gasteiger partial charge >= 0.3 is 0 Å². The third-order valence-corrected chi connectivity index (χ3v) is 5.58. The average Bonchev–Trinajstić information content (AvgIpc) is 3.05. The van der Waals surface area contributed by atoms with Gasteiger partial charge in [-0.25, -0.2) is 0 Å². The highest BCUT2D eigenvalue weighted by Crippen LogP contribution is 2.25. The number of nitrogens with zero attached hydrogens (tertiary/aromatic N) is 2. The zero-order valence-electron chi connectivity index (χ0n) is 16.0. The molecule has 1 heterocycles. The first kappa shape index (κ1) is 20.6. The van der Waals surface area contributed by atoms with Gasteiger partial charge in [0.2, 0.25) is 0 Å². The summed E-state index contributed by atoms with van der Waals surface area (Å²) in [6.45, 7) is 3.86. The molecule has 3 aromatic rings. The largest absolute Gasteiger partial charge is 0.494 e. The summed E-state index contributed by atoms with van der Waals surface area (Å²) in [5.41, 5.74) is 1.39. The number of unbranched alkanes of at least 4 members (excludes halogenated alkanes) is 1. The van der Waals surface area contributed by atoms with Crippen molar-refractivity contribution in [2.45, 2.75) is 26.3 Å². The van der Waals surface area contributed by atoms with Crippen LogP contribution in [0.15, 0.2) is 47.5 Å². The first-order chi connectivity index (χ1) is 13.6. The molecule has 7 heteroatoms. The van der Waals surface area contributed by atoms with Gasteiger partial charge in [-0.2, -0.15) is 4.99 Å². The van der Waals surface area contributed by atoms with E-state index in [1.807, 2.05) is 22.8 Å². The molecule has 2 aromatic carbocycles. The Morgan fingerprint density at radius 3 is 2.68 bits per heavy atom. The van der Waals surface area contributed by atoms with Gasteiger partial charge in [0.15, 0.2) is 4.80 Å². The third-order valence-electron chi connectivity index (χ3n) is 4.24. The van der Waals surface area contributed by atoms with E-state index in [1.165, 1.54) is 11.3 Å². The summed E-state index contributed by atoms with van der Waals surface area (Å²) in [6, 6.07) is 12.8. The van der Waals surface area contributed by atoms with Gasteiger partial charge in [0, 0.05) is 19.2 Å². The van der Waals surface area contributed by atoms with Crippen molar-refractivity contribution in [1.82, 2.24) is 4.57 Å². The number of thiazole rings is 1. The van der Waals surface area contributed by atoms with Crippen molar-refractivity contribution in [3.63, 3.8) is 0 Å². The van der Waals surface area contributed by atoms with Gasteiger partial charge < -0.3 is 14.0 Å². The van der Waals surface area contributed by atoms with Gasteiger partial charge in [-0.3, -0.25) is 4.79 Å². The van der Waals surface area contributed by atoms with E-state index in [9.17, 15) is 4.79 Å². The maximum Gasteiger partial charge on any atom is 0.279 e. The summed E-state index contributed by atoms with van der Waals surface area (Å²) in [5.74, 6) is 0.461. The van der Waals surface area contributed by atoms with Gasteiger partial charge in [0.25, 0.3) is 5.91 Å². The molecular formula is C21H23ClN2O3S. The minimum atomic E-state index is -0.297. The van der Waals surface area contributed by atoms with Crippen molar-refractivity contribution in [3.8, 4) is 5.75 Å². The molecule has 0 aliphatic carbocycles. The van der Waals surface area contributed by atoms with Crippen LogP contribution in [0.2, 0.25) is 5.02 Å². The van der Waals surface area contributed by atoms with Crippen LogP contribution in [0.3, 0.4) is 0 Å². The van der Waals surface area contributed by atoms with Crippen LogP contribution < -0.4 is 9.54 Å². The summed E-state index contributed by atoms with van der Waals surface area (Å²) >= 11 is 7.82. The molecule has 0 N–H and O–H groups in total. The lowest BCUT2D eigenvalue weighted by atomic mass is 10.2. The van der Waals surface area contributed by atoms with Gasteiger partial charge in [0.1, 0.15) is 5.75 Å². The van der Waals surface area contributed by atoms with E-state index in [-0.39, 0.29) is 5.91 Å². The maximum atomic E-state index is 12.7. The van der Waals surface area contributed by atoms with E-state index < -0.39 is 0 Å². The number of hydrogen-bond donors (Lipinski definition) is 0. The first-order valence-corrected chi connectivity index (χ1v) is 10.4. The summed E-state index contributed by atoms with van der Waals surface area (Å²) in [7, 11) is 1.64. The second-order valence-corrected chi connectivity index (χ2v) is 7.68. The minimum Gasteiger partial charge on any atom is -0.494 e. The predicted octanol–water partition coefficient (Wildman–Crippen LogP) is 4.92. The SMILES string of the molecule is CCCCOc1ccc(C(=O)N=c2sc3cccc(Cl)c3n2CCOC)cc1. The Hall–Kier alpha value is -2.15. The van der Waals surface area contributed by atoms with Gasteiger partial charge in [0.05, 0.1) is 28.5 Å². The molecule has 3 rings (SSSR count). The number of ether oxygens (including phenoxy) is 2. The van der Waals surface area contributed by atoms with Crippen LogP contribution in [-0.2, 0) is 11.3 Å². The van der Waals surface area contributed by atoms with Gasteiger partial charge in [-0.1, -0.05) is 42.3 Å². The third kappa shape index (κ3) is 4.82. The number of halogens is 1. The molecule has 0 aliphatic rings. The van der Waals surface area contributed by atoms with Crippen molar-refractivity contribution in [1.29, 1.82) is 0 Å². The van der Waals surface area contributed by atoms with E-state index in [1.54, 1.807) is 31.4 Å². The molecule has 0 atom stereocenters. The van der Waals surface area contributed by atoms with E-state index in [4.69, 9.17) is 21.1 Å². The fourth-order valence-corrected chi connectivity index (χ4v) is 4.16. The second kappa shape index (κ2) is 9.87. The zero-order chi connectivity index (χ0) is 19.9. The normalized spacial score (nSPS) is 11.9. The number of hydrogen-bond acceptors (Lipinski definition) is 4.